The molecule has 0 aliphatic heterocycles. The largest absolute Gasteiger partial charge is 0.496 e. The molecule has 1 N–H and O–H groups in total. The Morgan fingerprint density at radius 2 is 2.11 bits per heavy atom. The van der Waals surface area contributed by atoms with E-state index >= 15 is 0 Å². The minimum Gasteiger partial charge on any atom is -0.496 e. The van der Waals surface area contributed by atoms with Gasteiger partial charge in [0, 0.05) is 15.1 Å². The topological polar surface area (TPSA) is 21.3 Å². The lowest BCUT2D eigenvalue weighted by Crippen LogP contribution is -2.21. The summed E-state index contributed by atoms with van der Waals surface area (Å²) in [5.41, 5.74) is 1.36. The van der Waals surface area contributed by atoms with E-state index in [4.69, 9.17) is 4.74 Å². The lowest BCUT2D eigenvalue weighted by molar-refractivity contribution is 0.416. The van der Waals surface area contributed by atoms with Crippen LogP contribution in [0.25, 0.3) is 0 Å². The molecule has 0 radical (unpaired) electrons. The van der Waals surface area contributed by atoms with Crippen LogP contribution in [0.1, 0.15) is 34.7 Å². The molecule has 2 aromatic heterocycles. The van der Waals surface area contributed by atoms with Gasteiger partial charge in [0.1, 0.15) is 5.75 Å². The summed E-state index contributed by atoms with van der Waals surface area (Å²) < 4.78 is 5.28. The molecule has 0 saturated carbocycles. The third-order valence-corrected chi connectivity index (χ3v) is 4.65. The molecule has 0 spiro atoms. The zero-order valence-corrected chi connectivity index (χ0v) is 12.7. The number of methoxy groups -OCH3 is 1. The highest BCUT2D eigenvalue weighted by atomic mass is 32.1. The molecule has 1 atom stereocenters. The highest BCUT2D eigenvalue weighted by molar-refractivity contribution is 7.10. The molecule has 1 unspecified atom stereocenters. The fourth-order valence-electron chi connectivity index (χ4n) is 1.88. The van der Waals surface area contributed by atoms with E-state index in [0.29, 0.717) is 6.04 Å². The SMILES string of the molecule is CCCNC(c1csc(C)c1)c1cc(OC)cs1. The molecule has 0 aliphatic rings. The molecule has 0 aromatic carbocycles. The summed E-state index contributed by atoms with van der Waals surface area (Å²) in [6.07, 6.45) is 1.14. The second-order valence-electron chi connectivity index (χ2n) is 4.27. The Bertz CT molecular complexity index is 489. The quantitative estimate of drug-likeness (QED) is 0.856. The molecule has 0 amide bonds. The summed E-state index contributed by atoms with van der Waals surface area (Å²) in [6.45, 7) is 5.37. The third-order valence-electron chi connectivity index (χ3n) is 2.80. The second kappa shape index (κ2) is 6.36. The van der Waals surface area contributed by atoms with Crippen molar-refractivity contribution < 1.29 is 4.74 Å². The van der Waals surface area contributed by atoms with Crippen molar-refractivity contribution in [3.05, 3.63) is 38.2 Å². The molecule has 0 fully saturated rings. The zero-order valence-electron chi connectivity index (χ0n) is 11.0. The van der Waals surface area contributed by atoms with Crippen LogP contribution in [0, 0.1) is 6.92 Å². The van der Waals surface area contributed by atoms with Crippen molar-refractivity contribution in [1.82, 2.24) is 5.32 Å². The van der Waals surface area contributed by atoms with Crippen molar-refractivity contribution in [3.63, 3.8) is 0 Å². The van der Waals surface area contributed by atoms with E-state index in [-0.39, 0.29) is 0 Å². The maximum Gasteiger partial charge on any atom is 0.129 e. The average Bonchev–Trinajstić information content (AvgIpc) is 2.99. The molecule has 2 heterocycles. The predicted octanol–water partition coefficient (Wildman–Crippen LogP) is 4.22. The van der Waals surface area contributed by atoms with E-state index < -0.39 is 0 Å². The summed E-state index contributed by atoms with van der Waals surface area (Å²) >= 11 is 3.56. The fraction of sp³-hybridized carbons (Fsp3) is 0.429. The Labute approximate surface area is 117 Å². The molecule has 0 saturated heterocycles. The van der Waals surface area contributed by atoms with Crippen LogP contribution >= 0.6 is 22.7 Å². The summed E-state index contributed by atoms with van der Waals surface area (Å²) in [5.74, 6) is 0.949. The minimum atomic E-state index is 0.295. The number of thiophene rings is 2. The molecule has 2 aromatic rings. The fourth-order valence-corrected chi connectivity index (χ4v) is 3.57. The van der Waals surface area contributed by atoms with Gasteiger partial charge in [0.2, 0.25) is 0 Å². The van der Waals surface area contributed by atoms with Crippen LogP contribution in [0.2, 0.25) is 0 Å². The van der Waals surface area contributed by atoms with Gasteiger partial charge in [0.15, 0.2) is 0 Å². The van der Waals surface area contributed by atoms with Crippen molar-refractivity contribution >= 4 is 22.7 Å². The summed E-state index contributed by atoms with van der Waals surface area (Å²) in [4.78, 5) is 2.68. The lowest BCUT2D eigenvalue weighted by atomic mass is 10.1. The number of aryl methyl sites for hydroxylation is 1. The van der Waals surface area contributed by atoms with Gasteiger partial charge in [-0.3, -0.25) is 0 Å². The average molecular weight is 281 g/mol. The van der Waals surface area contributed by atoms with Crippen LogP contribution in [-0.4, -0.2) is 13.7 Å². The van der Waals surface area contributed by atoms with E-state index in [2.05, 4.69) is 42.1 Å². The number of rotatable bonds is 6. The molecule has 2 nitrogen and oxygen atoms in total. The predicted molar refractivity (Wildman–Crippen MR) is 80.1 cm³/mol. The van der Waals surface area contributed by atoms with Crippen molar-refractivity contribution in [1.29, 1.82) is 0 Å². The molecule has 0 aliphatic carbocycles. The van der Waals surface area contributed by atoms with Gasteiger partial charge in [-0.05, 0) is 43.0 Å². The van der Waals surface area contributed by atoms with Crippen molar-refractivity contribution in [3.8, 4) is 5.75 Å². The lowest BCUT2D eigenvalue weighted by Gasteiger charge is -2.15. The maximum absolute atomic E-state index is 5.28. The smallest absolute Gasteiger partial charge is 0.129 e. The Morgan fingerprint density at radius 1 is 1.28 bits per heavy atom. The van der Waals surface area contributed by atoms with Crippen molar-refractivity contribution in [2.24, 2.45) is 0 Å². The first kappa shape index (κ1) is 13.6. The first-order valence-electron chi connectivity index (χ1n) is 6.15. The van der Waals surface area contributed by atoms with Crippen LogP contribution in [0.5, 0.6) is 5.75 Å². The Morgan fingerprint density at radius 3 is 2.67 bits per heavy atom. The molecular formula is C14H19NOS2. The number of nitrogens with one attached hydrogen (secondary N) is 1. The standard InChI is InChI=1S/C14H19NOS2/c1-4-5-15-14(11-6-10(2)17-8-11)13-7-12(16-3)9-18-13/h6-9,14-15H,4-5H2,1-3H3. The summed E-state index contributed by atoms with van der Waals surface area (Å²) in [7, 11) is 1.72. The van der Waals surface area contributed by atoms with Crippen molar-refractivity contribution in [2.45, 2.75) is 26.3 Å². The molecular weight excluding hydrogens is 262 g/mol. The van der Waals surface area contributed by atoms with Gasteiger partial charge in [-0.2, -0.15) is 0 Å². The molecule has 98 valence electrons. The van der Waals surface area contributed by atoms with Gasteiger partial charge < -0.3 is 10.1 Å². The highest BCUT2D eigenvalue weighted by Crippen LogP contribution is 2.32. The first-order valence-corrected chi connectivity index (χ1v) is 7.91. The number of hydrogen-bond acceptors (Lipinski definition) is 4. The Balaban J connectivity index is 2.24. The van der Waals surface area contributed by atoms with Crippen LogP contribution in [-0.2, 0) is 0 Å². The monoisotopic (exact) mass is 281 g/mol. The van der Waals surface area contributed by atoms with Gasteiger partial charge in [0.25, 0.3) is 0 Å². The van der Waals surface area contributed by atoms with Crippen LogP contribution in [0.15, 0.2) is 22.9 Å². The van der Waals surface area contributed by atoms with Crippen molar-refractivity contribution in [2.75, 3.05) is 13.7 Å². The molecule has 2 rings (SSSR count). The zero-order chi connectivity index (χ0) is 13.0. The van der Waals surface area contributed by atoms with Gasteiger partial charge >= 0.3 is 0 Å². The van der Waals surface area contributed by atoms with Gasteiger partial charge in [-0.15, -0.1) is 22.7 Å². The molecule has 4 heteroatoms. The van der Waals surface area contributed by atoms with Gasteiger partial charge in [-0.1, -0.05) is 6.92 Å². The van der Waals surface area contributed by atoms with Crippen LogP contribution < -0.4 is 10.1 Å². The minimum absolute atomic E-state index is 0.295. The van der Waals surface area contributed by atoms with E-state index in [9.17, 15) is 0 Å². The number of ether oxygens (including phenoxy) is 1. The van der Waals surface area contributed by atoms with E-state index in [1.165, 1.54) is 15.3 Å². The molecule has 18 heavy (non-hydrogen) atoms. The van der Waals surface area contributed by atoms with Crippen LogP contribution in [0.3, 0.4) is 0 Å². The molecule has 0 bridgehead atoms. The van der Waals surface area contributed by atoms with Gasteiger partial charge in [0.05, 0.1) is 13.2 Å². The Hall–Kier alpha value is -0.840. The summed E-state index contributed by atoms with van der Waals surface area (Å²) in [5, 5.41) is 7.92. The highest BCUT2D eigenvalue weighted by Gasteiger charge is 2.16. The maximum atomic E-state index is 5.28. The summed E-state index contributed by atoms with van der Waals surface area (Å²) in [6, 6.07) is 4.69. The van der Waals surface area contributed by atoms with E-state index in [1.54, 1.807) is 29.8 Å². The van der Waals surface area contributed by atoms with Crippen LogP contribution in [0.4, 0.5) is 0 Å². The normalized spacial score (nSPS) is 12.6. The van der Waals surface area contributed by atoms with E-state index in [0.717, 1.165) is 18.7 Å². The first-order chi connectivity index (χ1) is 8.74. The number of hydrogen-bond donors (Lipinski definition) is 1. The second-order valence-corrected chi connectivity index (χ2v) is 6.32. The Kier molecular flexibility index (Phi) is 4.80. The van der Waals surface area contributed by atoms with E-state index in [1.807, 2.05) is 0 Å². The third kappa shape index (κ3) is 3.13. The van der Waals surface area contributed by atoms with Gasteiger partial charge in [-0.25, -0.2) is 0 Å².